The summed E-state index contributed by atoms with van der Waals surface area (Å²) < 4.78 is 39.2. The first-order valence-corrected chi connectivity index (χ1v) is 10.6. The Morgan fingerprint density at radius 2 is 1.86 bits per heavy atom. The van der Waals surface area contributed by atoms with Crippen molar-refractivity contribution in [2.24, 2.45) is 0 Å². The maximum Gasteiger partial charge on any atom is 0.434 e. The Morgan fingerprint density at radius 1 is 1.21 bits per heavy atom. The van der Waals surface area contributed by atoms with Crippen molar-refractivity contribution in [3.05, 3.63) is 35.3 Å². The monoisotopic (exact) mass is 439 g/mol. The largest absolute Gasteiger partial charge is 0.434 e. The quantitative estimate of drug-likeness (QED) is 0.526. The van der Waals surface area contributed by atoms with Crippen LogP contribution in [0.3, 0.4) is 0 Å². The predicted molar refractivity (Wildman–Crippen MR) is 110 cm³/mol. The highest BCUT2D eigenvalue weighted by atomic mass is 35.5. The molecule has 160 valence electrons. The van der Waals surface area contributed by atoms with Crippen LogP contribution in [0.2, 0.25) is 0 Å². The highest BCUT2D eigenvalue weighted by Gasteiger charge is 2.45. The van der Waals surface area contributed by atoms with Gasteiger partial charge in [0.2, 0.25) is 0 Å². The molecule has 5 nitrogen and oxygen atoms in total. The number of pyridine rings is 1. The van der Waals surface area contributed by atoms with Gasteiger partial charge in [-0.2, -0.15) is 13.2 Å². The molecule has 0 bridgehead atoms. The molecule has 28 heavy (non-hydrogen) atoms. The Hall–Kier alpha value is -1.16. The molecule has 3 rings (SSSR count). The van der Waals surface area contributed by atoms with Crippen LogP contribution in [0, 0.1) is 0 Å². The molecule has 0 spiro atoms. The number of rotatable bonds is 3. The van der Waals surface area contributed by atoms with Gasteiger partial charge in [0, 0.05) is 23.8 Å². The van der Waals surface area contributed by atoms with Crippen molar-refractivity contribution in [3.63, 3.8) is 0 Å². The van der Waals surface area contributed by atoms with Crippen LogP contribution in [0.5, 0.6) is 0 Å². The van der Waals surface area contributed by atoms with E-state index in [9.17, 15) is 13.2 Å². The second kappa shape index (κ2) is 11.1. The molecular weight excluding hydrogens is 411 g/mol. The lowest BCUT2D eigenvalue weighted by molar-refractivity contribution is -0.143. The van der Waals surface area contributed by atoms with Crippen molar-refractivity contribution in [2.45, 2.75) is 63.6 Å². The molecule has 2 aliphatic heterocycles. The lowest BCUT2D eigenvalue weighted by Crippen LogP contribution is -2.55. The Balaban J connectivity index is 0.000000921. The lowest BCUT2D eigenvalue weighted by Gasteiger charge is -2.33. The van der Waals surface area contributed by atoms with E-state index in [0.717, 1.165) is 24.5 Å². The van der Waals surface area contributed by atoms with E-state index in [1.165, 1.54) is 12.1 Å². The van der Waals surface area contributed by atoms with Gasteiger partial charge < -0.3 is 10.6 Å². The molecule has 1 aromatic rings. The van der Waals surface area contributed by atoms with Crippen LogP contribution in [0.4, 0.5) is 13.2 Å². The smallest absolute Gasteiger partial charge is 0.371 e. The summed E-state index contributed by atoms with van der Waals surface area (Å²) in [5.41, 5.74) is -1.17. The van der Waals surface area contributed by atoms with Crippen molar-refractivity contribution in [2.75, 3.05) is 13.6 Å². The average Bonchev–Trinajstić information content (AvgIpc) is 2.94. The molecule has 2 aliphatic rings. The summed E-state index contributed by atoms with van der Waals surface area (Å²) in [6.45, 7) is 10.8. The fourth-order valence-corrected chi connectivity index (χ4v) is 4.17. The third-order valence-corrected chi connectivity index (χ3v) is 5.57. The summed E-state index contributed by atoms with van der Waals surface area (Å²) in [7, 11) is 1.87. The van der Waals surface area contributed by atoms with E-state index in [2.05, 4.69) is 20.5 Å². The molecule has 1 fully saturated rings. The molecule has 1 saturated heterocycles. The Kier molecular flexibility index (Phi) is 9.89. The summed E-state index contributed by atoms with van der Waals surface area (Å²) in [6, 6.07) is 2.91. The maximum absolute atomic E-state index is 13.1. The summed E-state index contributed by atoms with van der Waals surface area (Å²) in [4.78, 5) is 7.52. The fourth-order valence-electron chi connectivity index (χ4n) is 2.83. The number of halogens is 4. The highest BCUT2D eigenvalue weighted by molar-refractivity contribution is 8.03. The Labute approximate surface area is 174 Å². The van der Waals surface area contributed by atoms with Gasteiger partial charge in [-0.25, -0.2) is 0 Å². The minimum absolute atomic E-state index is 0.0390. The summed E-state index contributed by atoms with van der Waals surface area (Å²) in [6.07, 6.45) is -1.83. The molecule has 10 heteroatoms. The van der Waals surface area contributed by atoms with Crippen molar-refractivity contribution in [1.82, 2.24) is 25.4 Å². The third-order valence-electron chi connectivity index (χ3n) is 4.00. The first-order chi connectivity index (χ1) is 13.3. The zero-order valence-electron chi connectivity index (χ0n) is 17.0. The normalized spacial score (nSPS) is 24.5. The van der Waals surface area contributed by atoms with Gasteiger partial charge >= 0.3 is 6.18 Å². The lowest BCUT2D eigenvalue weighted by atomic mass is 10.3. The van der Waals surface area contributed by atoms with Crippen molar-refractivity contribution in [3.8, 4) is 0 Å². The summed E-state index contributed by atoms with van der Waals surface area (Å²) >= 11 is 7.38. The van der Waals surface area contributed by atoms with Gasteiger partial charge in [0.05, 0.1) is 5.03 Å². The van der Waals surface area contributed by atoms with E-state index in [4.69, 9.17) is 11.6 Å². The number of aromatic nitrogens is 1. The van der Waals surface area contributed by atoms with Crippen LogP contribution in [-0.4, -0.2) is 46.3 Å². The third kappa shape index (κ3) is 5.46. The highest BCUT2D eigenvalue weighted by Crippen LogP contribution is 2.38. The zero-order valence-corrected chi connectivity index (χ0v) is 18.6. The molecule has 3 unspecified atom stereocenters. The maximum atomic E-state index is 13.1. The molecule has 3 atom stereocenters. The van der Waals surface area contributed by atoms with E-state index in [-0.39, 0.29) is 22.9 Å². The van der Waals surface area contributed by atoms with Gasteiger partial charge in [0.15, 0.2) is 5.69 Å². The van der Waals surface area contributed by atoms with E-state index < -0.39 is 11.9 Å². The minimum atomic E-state index is -4.49. The molecule has 2 N–H and O–H groups in total. The van der Waals surface area contributed by atoms with Crippen LogP contribution in [0.15, 0.2) is 34.5 Å². The summed E-state index contributed by atoms with van der Waals surface area (Å²) in [5, 5.41) is 7.06. The summed E-state index contributed by atoms with van der Waals surface area (Å²) in [5.74, 6) is 0. The molecule has 0 radical (unpaired) electrons. The van der Waals surface area contributed by atoms with Crippen molar-refractivity contribution in [1.29, 1.82) is 0 Å². The number of fused-ring (bicyclic) bond motifs is 1. The van der Waals surface area contributed by atoms with Gasteiger partial charge in [-0.1, -0.05) is 58.0 Å². The number of thioether (sulfide) groups is 1. The van der Waals surface area contributed by atoms with Gasteiger partial charge in [-0.3, -0.25) is 14.8 Å². The van der Waals surface area contributed by atoms with E-state index in [1.54, 1.807) is 6.20 Å². The standard InChI is InChI=1S/C14H17ClF3N5S.2C2H6/c1-3-23-11-12(22(2)13(23)15)21-9(7-20-11)24-8-5-4-6-19-10(8)14(16,17)18;2*1-2/h4-7,11-13,20-21H,3H2,1-2H3;2*1-2H3. The molecule has 0 amide bonds. The first kappa shape index (κ1) is 24.9. The van der Waals surface area contributed by atoms with Crippen molar-refractivity contribution < 1.29 is 13.2 Å². The van der Waals surface area contributed by atoms with E-state index in [0.29, 0.717) is 5.03 Å². The number of likely N-dealkylation sites (N-methyl/N-ethyl adjacent to an activating group) is 2. The van der Waals surface area contributed by atoms with Crippen LogP contribution in [0.25, 0.3) is 0 Å². The molecule has 0 aliphatic carbocycles. The predicted octanol–water partition coefficient (Wildman–Crippen LogP) is 4.68. The molecule has 0 aromatic carbocycles. The second-order valence-electron chi connectivity index (χ2n) is 5.47. The number of alkyl halides is 4. The molecule has 3 heterocycles. The number of nitrogens with one attached hydrogen (secondary N) is 2. The van der Waals surface area contributed by atoms with E-state index in [1.807, 2.05) is 46.6 Å². The van der Waals surface area contributed by atoms with Crippen molar-refractivity contribution >= 4 is 23.4 Å². The molecule has 1 aromatic heterocycles. The van der Waals surface area contributed by atoms with Crippen LogP contribution >= 0.6 is 23.4 Å². The minimum Gasteiger partial charge on any atom is -0.371 e. The number of hydrogen-bond acceptors (Lipinski definition) is 6. The van der Waals surface area contributed by atoms with Gasteiger partial charge in [-0.05, 0) is 19.2 Å². The average molecular weight is 440 g/mol. The van der Waals surface area contributed by atoms with E-state index >= 15 is 0 Å². The molecule has 0 saturated carbocycles. The van der Waals surface area contributed by atoms with Gasteiger partial charge in [0.25, 0.3) is 0 Å². The second-order valence-corrected chi connectivity index (χ2v) is 6.94. The van der Waals surface area contributed by atoms with Crippen LogP contribution in [-0.2, 0) is 6.18 Å². The van der Waals surface area contributed by atoms with Gasteiger partial charge in [0.1, 0.15) is 18.0 Å². The fraction of sp³-hybridized carbons (Fsp3) is 0.611. The van der Waals surface area contributed by atoms with Gasteiger partial charge in [-0.15, -0.1) is 0 Å². The SMILES string of the molecule is CC.CC.CCN1C2NC=C(Sc3cccnc3C(F)(F)F)NC2N(C)C1Cl. The Bertz CT molecular complexity index is 644. The van der Waals surface area contributed by atoms with Crippen LogP contribution in [0.1, 0.15) is 40.3 Å². The zero-order chi connectivity index (χ0) is 21.5. The number of hydrogen-bond donors (Lipinski definition) is 2. The Morgan fingerprint density at radius 3 is 2.43 bits per heavy atom. The first-order valence-electron chi connectivity index (χ1n) is 9.37. The number of nitrogens with zero attached hydrogens (tertiary/aromatic N) is 3. The van der Waals surface area contributed by atoms with Crippen LogP contribution < -0.4 is 10.6 Å². The molecular formula is C18H29ClF3N5S. The topological polar surface area (TPSA) is 43.4 Å².